The number of ether oxygens (including phenoxy) is 1. The maximum atomic E-state index is 5.09. The standard InChI is InChI=1S/C17H18N4O/c1-22-10-8-14-4-6-15(7-5-14)12-21-13-17(19-20-21)16-3-2-9-18-11-16/h2-7,9,11,13H,8,10,12H2,1H3. The fourth-order valence-electron chi connectivity index (χ4n) is 2.24. The highest BCUT2D eigenvalue weighted by Gasteiger charge is 2.04. The zero-order valence-corrected chi connectivity index (χ0v) is 12.5. The van der Waals surface area contributed by atoms with Crippen LogP contribution < -0.4 is 0 Å². The van der Waals surface area contributed by atoms with Crippen molar-refractivity contribution >= 4 is 0 Å². The van der Waals surface area contributed by atoms with Crippen LogP contribution in [0, 0.1) is 0 Å². The first-order valence-corrected chi connectivity index (χ1v) is 7.22. The van der Waals surface area contributed by atoms with Crippen molar-refractivity contribution in [3.05, 3.63) is 66.1 Å². The molecule has 22 heavy (non-hydrogen) atoms. The number of rotatable bonds is 6. The summed E-state index contributed by atoms with van der Waals surface area (Å²) in [5.41, 5.74) is 4.29. The predicted octanol–water partition coefficient (Wildman–Crippen LogP) is 2.58. The number of benzene rings is 1. The van der Waals surface area contributed by atoms with Gasteiger partial charge in [-0.25, -0.2) is 4.68 Å². The molecule has 0 radical (unpaired) electrons. The highest BCUT2D eigenvalue weighted by molar-refractivity contribution is 5.55. The number of nitrogens with zero attached hydrogens (tertiary/aromatic N) is 4. The van der Waals surface area contributed by atoms with Crippen LogP contribution in [0.4, 0.5) is 0 Å². The minimum Gasteiger partial charge on any atom is -0.384 e. The summed E-state index contributed by atoms with van der Waals surface area (Å²) < 4.78 is 6.93. The Labute approximate surface area is 129 Å². The van der Waals surface area contributed by atoms with Crippen molar-refractivity contribution in [1.82, 2.24) is 20.0 Å². The molecule has 0 fully saturated rings. The second-order valence-electron chi connectivity index (χ2n) is 5.10. The lowest BCUT2D eigenvalue weighted by Crippen LogP contribution is -2.01. The van der Waals surface area contributed by atoms with E-state index < -0.39 is 0 Å². The van der Waals surface area contributed by atoms with Crippen molar-refractivity contribution in [3.63, 3.8) is 0 Å². The first kappa shape index (κ1) is 14.4. The highest BCUT2D eigenvalue weighted by atomic mass is 16.5. The van der Waals surface area contributed by atoms with Crippen LogP contribution in [0.3, 0.4) is 0 Å². The third-order valence-electron chi connectivity index (χ3n) is 3.46. The van der Waals surface area contributed by atoms with Gasteiger partial charge < -0.3 is 4.74 Å². The average Bonchev–Trinajstić information content (AvgIpc) is 3.04. The van der Waals surface area contributed by atoms with Crippen molar-refractivity contribution in [3.8, 4) is 11.3 Å². The molecule has 0 spiro atoms. The molecule has 0 aliphatic carbocycles. The van der Waals surface area contributed by atoms with Gasteiger partial charge in [0.05, 0.1) is 19.3 Å². The lowest BCUT2D eigenvalue weighted by atomic mass is 10.1. The van der Waals surface area contributed by atoms with Crippen LogP contribution in [0.2, 0.25) is 0 Å². The van der Waals surface area contributed by atoms with Gasteiger partial charge in [-0.3, -0.25) is 4.98 Å². The minimum absolute atomic E-state index is 0.706. The summed E-state index contributed by atoms with van der Waals surface area (Å²) in [6.45, 7) is 1.45. The van der Waals surface area contributed by atoms with Crippen molar-refractivity contribution in [2.75, 3.05) is 13.7 Å². The van der Waals surface area contributed by atoms with E-state index in [2.05, 4.69) is 39.6 Å². The molecule has 0 bridgehead atoms. The Morgan fingerprint density at radius 2 is 1.91 bits per heavy atom. The fraction of sp³-hybridized carbons (Fsp3) is 0.235. The van der Waals surface area contributed by atoms with Gasteiger partial charge in [-0.15, -0.1) is 5.10 Å². The molecule has 0 unspecified atom stereocenters. The quantitative estimate of drug-likeness (QED) is 0.701. The second kappa shape index (κ2) is 6.95. The molecule has 0 atom stereocenters. The number of hydrogen-bond acceptors (Lipinski definition) is 4. The van der Waals surface area contributed by atoms with E-state index in [-0.39, 0.29) is 0 Å². The molecule has 0 saturated carbocycles. The van der Waals surface area contributed by atoms with Gasteiger partial charge in [-0.1, -0.05) is 29.5 Å². The van der Waals surface area contributed by atoms with E-state index >= 15 is 0 Å². The lowest BCUT2D eigenvalue weighted by Gasteiger charge is -2.04. The van der Waals surface area contributed by atoms with Crippen molar-refractivity contribution in [1.29, 1.82) is 0 Å². The largest absolute Gasteiger partial charge is 0.384 e. The van der Waals surface area contributed by atoms with Gasteiger partial charge in [0.25, 0.3) is 0 Å². The summed E-state index contributed by atoms with van der Waals surface area (Å²) in [7, 11) is 1.72. The van der Waals surface area contributed by atoms with Crippen LogP contribution >= 0.6 is 0 Å². The summed E-state index contributed by atoms with van der Waals surface area (Å²) in [6.07, 6.45) is 6.42. The molecule has 0 amide bonds. The molecule has 3 aromatic rings. The topological polar surface area (TPSA) is 52.8 Å². The molecule has 2 heterocycles. The Bertz CT molecular complexity index is 707. The molecular weight excluding hydrogens is 276 g/mol. The minimum atomic E-state index is 0.706. The van der Waals surface area contributed by atoms with Gasteiger partial charge in [0.15, 0.2) is 0 Å². The molecule has 0 aliphatic rings. The predicted molar refractivity (Wildman–Crippen MR) is 84.4 cm³/mol. The van der Waals surface area contributed by atoms with Crippen LogP contribution in [-0.2, 0) is 17.7 Å². The van der Waals surface area contributed by atoms with E-state index in [9.17, 15) is 0 Å². The van der Waals surface area contributed by atoms with Crippen molar-refractivity contribution in [2.45, 2.75) is 13.0 Å². The van der Waals surface area contributed by atoms with E-state index in [0.717, 1.165) is 24.3 Å². The van der Waals surface area contributed by atoms with Crippen LogP contribution in [0.15, 0.2) is 55.0 Å². The molecule has 5 heteroatoms. The molecular formula is C17H18N4O. The normalized spacial score (nSPS) is 10.8. The molecule has 112 valence electrons. The molecule has 2 aromatic heterocycles. The molecule has 0 saturated heterocycles. The Morgan fingerprint density at radius 1 is 1.09 bits per heavy atom. The van der Waals surface area contributed by atoms with Crippen LogP contribution in [0.1, 0.15) is 11.1 Å². The maximum absolute atomic E-state index is 5.09. The molecule has 3 rings (SSSR count). The van der Waals surface area contributed by atoms with E-state index in [1.807, 2.05) is 23.0 Å². The van der Waals surface area contributed by atoms with Gasteiger partial charge in [0.1, 0.15) is 5.69 Å². The van der Waals surface area contributed by atoms with Gasteiger partial charge >= 0.3 is 0 Å². The monoisotopic (exact) mass is 294 g/mol. The summed E-state index contributed by atoms with van der Waals surface area (Å²) in [6, 6.07) is 12.4. The first-order valence-electron chi connectivity index (χ1n) is 7.22. The molecule has 0 N–H and O–H groups in total. The van der Waals surface area contributed by atoms with Crippen LogP contribution in [0.25, 0.3) is 11.3 Å². The van der Waals surface area contributed by atoms with Crippen LogP contribution in [-0.4, -0.2) is 33.7 Å². The first-order chi connectivity index (χ1) is 10.8. The summed E-state index contributed by atoms with van der Waals surface area (Å²) in [5, 5.41) is 8.38. The third-order valence-corrected chi connectivity index (χ3v) is 3.46. The maximum Gasteiger partial charge on any atom is 0.114 e. The lowest BCUT2D eigenvalue weighted by molar-refractivity contribution is 0.202. The Balaban J connectivity index is 1.67. The third kappa shape index (κ3) is 3.56. The summed E-state index contributed by atoms with van der Waals surface area (Å²) in [4.78, 5) is 4.10. The van der Waals surface area contributed by atoms with Crippen molar-refractivity contribution < 1.29 is 4.74 Å². The highest BCUT2D eigenvalue weighted by Crippen LogP contribution is 2.14. The van der Waals surface area contributed by atoms with E-state index in [1.165, 1.54) is 11.1 Å². The van der Waals surface area contributed by atoms with E-state index in [1.54, 1.807) is 19.5 Å². The van der Waals surface area contributed by atoms with E-state index in [4.69, 9.17) is 4.74 Å². The van der Waals surface area contributed by atoms with E-state index in [0.29, 0.717) is 6.54 Å². The number of hydrogen-bond donors (Lipinski definition) is 0. The average molecular weight is 294 g/mol. The molecule has 5 nitrogen and oxygen atoms in total. The zero-order chi connectivity index (χ0) is 15.2. The number of pyridine rings is 1. The second-order valence-corrected chi connectivity index (χ2v) is 5.10. The SMILES string of the molecule is COCCc1ccc(Cn2cc(-c3cccnc3)nn2)cc1. The Kier molecular flexibility index (Phi) is 4.56. The number of methoxy groups -OCH3 is 1. The zero-order valence-electron chi connectivity index (χ0n) is 12.5. The number of aromatic nitrogens is 4. The summed E-state index contributed by atoms with van der Waals surface area (Å²) in [5.74, 6) is 0. The van der Waals surface area contributed by atoms with Gasteiger partial charge in [-0.05, 0) is 29.7 Å². The Morgan fingerprint density at radius 3 is 2.64 bits per heavy atom. The van der Waals surface area contributed by atoms with Crippen LogP contribution in [0.5, 0.6) is 0 Å². The fourth-order valence-corrected chi connectivity index (χ4v) is 2.24. The Hall–Kier alpha value is -2.53. The molecule has 0 aliphatic heterocycles. The van der Waals surface area contributed by atoms with Gasteiger partial charge in [0, 0.05) is 25.1 Å². The van der Waals surface area contributed by atoms with Crippen molar-refractivity contribution in [2.24, 2.45) is 0 Å². The molecule has 1 aromatic carbocycles. The van der Waals surface area contributed by atoms with Gasteiger partial charge in [0.2, 0.25) is 0 Å². The van der Waals surface area contributed by atoms with Gasteiger partial charge in [-0.2, -0.15) is 0 Å². The smallest absolute Gasteiger partial charge is 0.114 e. The summed E-state index contributed by atoms with van der Waals surface area (Å²) >= 11 is 0.